The molecule has 1 aromatic rings. The first-order valence-corrected chi connectivity index (χ1v) is 17.1. The van der Waals surface area contributed by atoms with Crippen molar-refractivity contribution in [2.24, 2.45) is 23.2 Å². The summed E-state index contributed by atoms with van der Waals surface area (Å²) < 4.78 is 29.8. The summed E-state index contributed by atoms with van der Waals surface area (Å²) in [4.78, 5) is 25.4. The van der Waals surface area contributed by atoms with Gasteiger partial charge in [0.1, 0.15) is 5.78 Å². The van der Waals surface area contributed by atoms with Gasteiger partial charge in [-0.05, 0) is 99.0 Å². The highest BCUT2D eigenvalue weighted by Gasteiger charge is 2.55. The number of carbonyl (C=O) groups is 2. The molecule has 0 aliphatic heterocycles. The Bertz CT molecular complexity index is 1270. The SMILES string of the molecule is Cc1ccc(S(=O)(=O)OCCCCCCCCC[C@H]2C[C@]3(C)C(=O)CC[C@H]3[C@@H]3CCC4=CC(=O)CCC4=C23)cc1. The molecule has 4 aliphatic carbocycles. The quantitative estimate of drug-likeness (QED) is 0.190. The molecule has 4 atom stereocenters. The zero-order valence-electron chi connectivity index (χ0n) is 24.4. The number of allylic oxidation sites excluding steroid dienone is 4. The first kappa shape index (κ1) is 29.4. The lowest BCUT2D eigenvalue weighted by Crippen LogP contribution is -2.44. The van der Waals surface area contributed by atoms with E-state index in [0.717, 1.165) is 76.2 Å². The van der Waals surface area contributed by atoms with Crippen molar-refractivity contribution < 1.29 is 22.2 Å². The summed E-state index contributed by atoms with van der Waals surface area (Å²) in [6.45, 7) is 4.42. The van der Waals surface area contributed by atoms with Gasteiger partial charge in [-0.3, -0.25) is 13.8 Å². The molecule has 40 heavy (non-hydrogen) atoms. The van der Waals surface area contributed by atoms with Crippen LogP contribution in [0.5, 0.6) is 0 Å². The van der Waals surface area contributed by atoms with Gasteiger partial charge in [0, 0.05) is 18.3 Å². The molecule has 4 aliphatic rings. The van der Waals surface area contributed by atoms with Gasteiger partial charge in [0.25, 0.3) is 10.1 Å². The molecule has 0 N–H and O–H groups in total. The average molecular weight is 567 g/mol. The summed E-state index contributed by atoms with van der Waals surface area (Å²) in [5.41, 5.74) is 5.31. The van der Waals surface area contributed by atoms with Gasteiger partial charge < -0.3 is 0 Å². The van der Waals surface area contributed by atoms with Gasteiger partial charge >= 0.3 is 0 Å². The minimum atomic E-state index is -3.67. The Balaban J connectivity index is 1.06. The highest BCUT2D eigenvalue weighted by Crippen LogP contribution is 2.61. The molecule has 5 nitrogen and oxygen atoms in total. The zero-order valence-corrected chi connectivity index (χ0v) is 25.2. The second-order valence-corrected chi connectivity index (χ2v) is 14.6. The van der Waals surface area contributed by atoms with Crippen LogP contribution in [0.2, 0.25) is 0 Å². The van der Waals surface area contributed by atoms with E-state index in [1.165, 1.54) is 30.4 Å². The lowest BCUT2D eigenvalue weighted by atomic mass is 9.53. The minimum Gasteiger partial charge on any atom is -0.299 e. The predicted octanol–water partition coefficient (Wildman–Crippen LogP) is 7.82. The van der Waals surface area contributed by atoms with Gasteiger partial charge in [-0.25, -0.2) is 0 Å². The summed E-state index contributed by atoms with van der Waals surface area (Å²) in [5, 5.41) is 0. The third-order valence-electron chi connectivity index (χ3n) is 10.3. The van der Waals surface area contributed by atoms with Gasteiger partial charge in [0.2, 0.25) is 0 Å². The van der Waals surface area contributed by atoms with Crippen LogP contribution in [0.15, 0.2) is 52.0 Å². The van der Waals surface area contributed by atoms with Crippen molar-refractivity contribution in [3.63, 3.8) is 0 Å². The molecule has 1 aromatic carbocycles. The Labute approximate surface area is 241 Å². The van der Waals surface area contributed by atoms with Crippen LogP contribution in [0.4, 0.5) is 0 Å². The number of benzene rings is 1. The lowest BCUT2D eigenvalue weighted by Gasteiger charge is -2.50. The molecule has 0 radical (unpaired) electrons. The fraction of sp³-hybridized carbons (Fsp3) is 0.647. The standard InChI is InChI=1S/C34H46O5S/c1-24-11-15-28(16-12-24)40(37,38)39-21-9-7-5-3-4-6-8-10-26-23-34(2)31(19-20-32(34)36)30-17-13-25-22-27(35)14-18-29(25)33(26)30/h11-12,15-16,22,26,30-31H,3-10,13-14,17-21,23H2,1-2H3/t26-,30-,31-,34-/m0/s1. The van der Waals surface area contributed by atoms with Gasteiger partial charge in [-0.1, -0.05) is 68.7 Å². The molecule has 0 aromatic heterocycles. The highest BCUT2D eigenvalue weighted by molar-refractivity contribution is 7.86. The largest absolute Gasteiger partial charge is 0.299 e. The van der Waals surface area contributed by atoms with E-state index in [4.69, 9.17) is 4.18 Å². The maximum atomic E-state index is 13.0. The topological polar surface area (TPSA) is 77.5 Å². The predicted molar refractivity (Wildman–Crippen MR) is 157 cm³/mol. The molecule has 0 saturated heterocycles. The van der Waals surface area contributed by atoms with Crippen LogP contribution < -0.4 is 0 Å². The van der Waals surface area contributed by atoms with Crippen molar-refractivity contribution in [1.82, 2.24) is 0 Å². The van der Waals surface area contributed by atoms with Crippen LogP contribution in [0.25, 0.3) is 0 Å². The van der Waals surface area contributed by atoms with E-state index >= 15 is 0 Å². The fourth-order valence-electron chi connectivity index (χ4n) is 8.18. The summed E-state index contributed by atoms with van der Waals surface area (Å²) in [6, 6.07) is 6.76. The maximum Gasteiger partial charge on any atom is 0.296 e. The molecular weight excluding hydrogens is 520 g/mol. The van der Waals surface area contributed by atoms with Crippen LogP contribution in [0, 0.1) is 30.1 Å². The molecule has 0 bridgehead atoms. The maximum absolute atomic E-state index is 13.0. The van der Waals surface area contributed by atoms with Crippen LogP contribution in [-0.2, 0) is 23.9 Å². The van der Waals surface area contributed by atoms with Crippen LogP contribution in [0.1, 0.15) is 109 Å². The van der Waals surface area contributed by atoms with E-state index in [0.29, 0.717) is 30.0 Å². The molecule has 0 amide bonds. The van der Waals surface area contributed by atoms with E-state index < -0.39 is 10.1 Å². The molecular formula is C34H46O5S. The number of fused-ring (bicyclic) bond motifs is 4. The van der Waals surface area contributed by atoms with Crippen molar-refractivity contribution in [3.05, 3.63) is 52.6 Å². The third-order valence-corrected chi connectivity index (χ3v) is 11.6. The van der Waals surface area contributed by atoms with Crippen molar-refractivity contribution in [1.29, 1.82) is 0 Å². The smallest absolute Gasteiger partial charge is 0.296 e. The van der Waals surface area contributed by atoms with E-state index in [1.807, 2.05) is 13.0 Å². The summed E-state index contributed by atoms with van der Waals surface area (Å²) in [6.07, 6.45) is 17.0. The molecule has 0 spiro atoms. The second-order valence-electron chi connectivity index (χ2n) is 13.0. The first-order valence-electron chi connectivity index (χ1n) is 15.6. The molecule has 6 heteroatoms. The Morgan fingerprint density at radius 1 is 0.875 bits per heavy atom. The lowest BCUT2D eigenvalue weighted by molar-refractivity contribution is -0.129. The monoisotopic (exact) mass is 566 g/mol. The number of aryl methyl sites for hydroxylation is 1. The highest BCUT2D eigenvalue weighted by atomic mass is 32.2. The van der Waals surface area contributed by atoms with Crippen molar-refractivity contribution in [2.75, 3.05) is 6.61 Å². The van der Waals surface area contributed by atoms with E-state index in [1.54, 1.807) is 29.8 Å². The third kappa shape index (κ3) is 6.23. The van der Waals surface area contributed by atoms with Gasteiger partial charge in [0.05, 0.1) is 11.5 Å². The van der Waals surface area contributed by atoms with E-state index in [2.05, 4.69) is 6.92 Å². The number of ketones is 2. The number of carbonyl (C=O) groups excluding carboxylic acids is 2. The number of hydrogen-bond donors (Lipinski definition) is 0. The van der Waals surface area contributed by atoms with Gasteiger partial charge in [-0.2, -0.15) is 8.42 Å². The van der Waals surface area contributed by atoms with Crippen LogP contribution >= 0.6 is 0 Å². The molecule has 0 unspecified atom stereocenters. The summed E-state index contributed by atoms with van der Waals surface area (Å²) in [5.74, 6) is 2.28. The Morgan fingerprint density at radius 3 is 2.33 bits per heavy atom. The number of rotatable bonds is 12. The summed E-state index contributed by atoms with van der Waals surface area (Å²) in [7, 11) is -3.67. The number of hydrogen-bond acceptors (Lipinski definition) is 5. The Hall–Kier alpha value is -2.05. The van der Waals surface area contributed by atoms with E-state index in [-0.39, 0.29) is 22.7 Å². The van der Waals surface area contributed by atoms with Gasteiger partial charge in [-0.15, -0.1) is 0 Å². The molecule has 2 saturated carbocycles. The fourth-order valence-corrected chi connectivity index (χ4v) is 9.12. The van der Waals surface area contributed by atoms with E-state index in [9.17, 15) is 18.0 Å². The van der Waals surface area contributed by atoms with Crippen LogP contribution in [-0.4, -0.2) is 26.6 Å². The van der Waals surface area contributed by atoms with Crippen molar-refractivity contribution in [2.45, 2.75) is 115 Å². The second kappa shape index (κ2) is 12.4. The Morgan fingerprint density at radius 2 is 1.57 bits per heavy atom. The van der Waals surface area contributed by atoms with Crippen molar-refractivity contribution in [3.8, 4) is 0 Å². The van der Waals surface area contributed by atoms with Crippen LogP contribution in [0.3, 0.4) is 0 Å². The zero-order chi connectivity index (χ0) is 28.3. The molecule has 2 fully saturated rings. The first-order chi connectivity index (χ1) is 19.2. The number of Topliss-reactive ketones (excluding diaryl/α,β-unsaturated/α-hetero) is 1. The molecule has 5 rings (SSSR count). The molecule has 0 heterocycles. The summed E-state index contributed by atoms with van der Waals surface area (Å²) >= 11 is 0. The van der Waals surface area contributed by atoms with Gasteiger partial charge in [0.15, 0.2) is 5.78 Å². The minimum absolute atomic E-state index is 0.153. The van der Waals surface area contributed by atoms with Crippen molar-refractivity contribution >= 4 is 21.7 Å². The number of unbranched alkanes of at least 4 members (excludes halogenated alkanes) is 6. The Kier molecular flexibility index (Phi) is 9.16. The average Bonchev–Trinajstić information content (AvgIpc) is 3.23. The molecule has 218 valence electrons. The normalized spacial score (nSPS) is 28.2.